The highest BCUT2D eigenvalue weighted by atomic mass is 79.9. The maximum absolute atomic E-state index is 13.5. The molecule has 0 radical (unpaired) electrons. The maximum Gasteiger partial charge on any atom is 0.167 e. The van der Waals surface area contributed by atoms with Crippen LogP contribution in [0.2, 0.25) is 0 Å². The molecule has 0 saturated heterocycles. The molecule has 2 aromatic rings. The van der Waals surface area contributed by atoms with Crippen LogP contribution in [0.5, 0.6) is 5.75 Å². The molecule has 0 atom stereocenters. The van der Waals surface area contributed by atoms with Crippen LogP contribution in [-0.2, 0) is 6.42 Å². The molecule has 104 valence electrons. The Kier molecular flexibility index (Phi) is 4.49. The Morgan fingerprint density at radius 2 is 1.90 bits per heavy atom. The van der Waals surface area contributed by atoms with Gasteiger partial charge in [-0.05, 0) is 45.8 Å². The summed E-state index contributed by atoms with van der Waals surface area (Å²) in [5, 5.41) is 0. The molecule has 0 aromatic heterocycles. The fourth-order valence-electron chi connectivity index (χ4n) is 1.78. The van der Waals surface area contributed by atoms with Gasteiger partial charge in [-0.2, -0.15) is 0 Å². The highest BCUT2D eigenvalue weighted by Gasteiger charge is 2.11. The van der Waals surface area contributed by atoms with Gasteiger partial charge in [-0.25, -0.2) is 8.78 Å². The minimum atomic E-state index is -0.528. The van der Waals surface area contributed by atoms with Crippen LogP contribution >= 0.6 is 15.9 Å². The largest absolute Gasteiger partial charge is 0.494 e. The fourth-order valence-corrected chi connectivity index (χ4v) is 2.02. The van der Waals surface area contributed by atoms with Gasteiger partial charge in [0.05, 0.1) is 11.6 Å². The smallest absolute Gasteiger partial charge is 0.167 e. The molecule has 0 saturated carbocycles. The van der Waals surface area contributed by atoms with Crippen LogP contribution in [0.1, 0.15) is 15.9 Å². The molecule has 5 heteroatoms. The molecular weight excluding hydrogens is 330 g/mol. The van der Waals surface area contributed by atoms with Crippen molar-refractivity contribution in [3.63, 3.8) is 0 Å². The van der Waals surface area contributed by atoms with E-state index in [9.17, 15) is 13.6 Å². The van der Waals surface area contributed by atoms with Gasteiger partial charge in [0, 0.05) is 12.0 Å². The molecule has 0 N–H and O–H groups in total. The van der Waals surface area contributed by atoms with Gasteiger partial charge in [-0.15, -0.1) is 0 Å². The molecule has 0 unspecified atom stereocenters. The highest BCUT2D eigenvalue weighted by Crippen LogP contribution is 2.20. The first kappa shape index (κ1) is 14.7. The summed E-state index contributed by atoms with van der Waals surface area (Å²) in [5.74, 6) is -1.19. The van der Waals surface area contributed by atoms with E-state index in [2.05, 4.69) is 15.9 Å². The SMILES string of the molecule is COc1ccc(CC(=O)c2ccc(Br)c(F)c2)cc1F. The van der Waals surface area contributed by atoms with Gasteiger partial charge in [-0.3, -0.25) is 4.79 Å². The van der Waals surface area contributed by atoms with Crippen LogP contribution in [0.4, 0.5) is 8.78 Å². The lowest BCUT2D eigenvalue weighted by Crippen LogP contribution is -2.04. The van der Waals surface area contributed by atoms with Gasteiger partial charge in [0.25, 0.3) is 0 Å². The molecule has 20 heavy (non-hydrogen) atoms. The van der Waals surface area contributed by atoms with Gasteiger partial charge >= 0.3 is 0 Å². The number of benzene rings is 2. The quantitative estimate of drug-likeness (QED) is 0.781. The zero-order valence-corrected chi connectivity index (χ0v) is 12.2. The van der Waals surface area contributed by atoms with Crippen molar-refractivity contribution < 1.29 is 18.3 Å². The van der Waals surface area contributed by atoms with Crippen molar-refractivity contribution in [3.05, 3.63) is 63.6 Å². The molecule has 0 bridgehead atoms. The summed E-state index contributed by atoms with van der Waals surface area (Å²) < 4.78 is 32.0. The summed E-state index contributed by atoms with van der Waals surface area (Å²) in [7, 11) is 1.37. The molecule has 0 fully saturated rings. The summed E-state index contributed by atoms with van der Waals surface area (Å²) in [6, 6.07) is 8.46. The lowest BCUT2D eigenvalue weighted by Gasteiger charge is -2.05. The number of carbonyl (C=O) groups is 1. The first-order valence-electron chi connectivity index (χ1n) is 5.82. The number of ether oxygens (including phenoxy) is 1. The summed E-state index contributed by atoms with van der Waals surface area (Å²) in [4.78, 5) is 12.0. The van der Waals surface area contributed by atoms with Crippen molar-refractivity contribution in [2.45, 2.75) is 6.42 Å². The van der Waals surface area contributed by atoms with Crippen LogP contribution < -0.4 is 4.74 Å². The summed E-state index contributed by atoms with van der Waals surface area (Å²) in [6.07, 6.45) is 0.00197. The zero-order chi connectivity index (χ0) is 14.7. The lowest BCUT2D eigenvalue weighted by molar-refractivity contribution is 0.0992. The first-order valence-corrected chi connectivity index (χ1v) is 6.61. The Hall–Kier alpha value is -1.75. The lowest BCUT2D eigenvalue weighted by atomic mass is 10.0. The second-order valence-corrected chi connectivity index (χ2v) is 5.05. The van der Waals surface area contributed by atoms with E-state index >= 15 is 0 Å². The van der Waals surface area contributed by atoms with Gasteiger partial charge in [0.15, 0.2) is 17.3 Å². The Labute approximate surface area is 123 Å². The second kappa shape index (κ2) is 6.13. The predicted molar refractivity (Wildman–Crippen MR) is 75.1 cm³/mol. The fraction of sp³-hybridized carbons (Fsp3) is 0.133. The molecule has 0 aliphatic carbocycles. The summed E-state index contributed by atoms with van der Waals surface area (Å²) >= 11 is 3.02. The number of hydrogen-bond acceptors (Lipinski definition) is 2. The van der Waals surface area contributed by atoms with Gasteiger partial charge in [0.2, 0.25) is 0 Å². The van der Waals surface area contributed by atoms with Crippen molar-refractivity contribution >= 4 is 21.7 Å². The minimum absolute atomic E-state index is 0.00197. The van der Waals surface area contributed by atoms with Crippen molar-refractivity contribution in [2.24, 2.45) is 0 Å². The molecular formula is C15H11BrF2O2. The molecule has 0 amide bonds. The van der Waals surface area contributed by atoms with Crippen LogP contribution in [-0.4, -0.2) is 12.9 Å². The third-order valence-electron chi connectivity index (χ3n) is 2.82. The monoisotopic (exact) mass is 340 g/mol. The Balaban J connectivity index is 2.19. The maximum atomic E-state index is 13.5. The van der Waals surface area contributed by atoms with Gasteiger partial charge in [0.1, 0.15) is 5.82 Å². The van der Waals surface area contributed by atoms with E-state index in [1.165, 1.54) is 31.4 Å². The van der Waals surface area contributed by atoms with Crippen LogP contribution in [0, 0.1) is 11.6 Å². The third kappa shape index (κ3) is 3.22. The Morgan fingerprint density at radius 3 is 2.50 bits per heavy atom. The van der Waals surface area contributed by atoms with E-state index in [4.69, 9.17) is 4.74 Å². The number of carbonyl (C=O) groups excluding carboxylic acids is 1. The van der Waals surface area contributed by atoms with Crippen molar-refractivity contribution in [2.75, 3.05) is 7.11 Å². The van der Waals surface area contributed by atoms with E-state index in [1.807, 2.05) is 0 Å². The molecule has 0 aliphatic heterocycles. The number of rotatable bonds is 4. The van der Waals surface area contributed by atoms with E-state index < -0.39 is 11.6 Å². The van der Waals surface area contributed by atoms with Crippen molar-refractivity contribution in [1.29, 1.82) is 0 Å². The summed E-state index contributed by atoms with van der Waals surface area (Å²) in [5.41, 5.74) is 0.763. The standard InChI is InChI=1S/C15H11BrF2O2/c1-20-15-5-2-9(6-13(15)18)7-14(19)10-3-4-11(16)12(17)8-10/h2-6,8H,7H2,1H3. The normalized spacial score (nSPS) is 10.4. The van der Waals surface area contributed by atoms with Gasteiger partial charge in [-0.1, -0.05) is 12.1 Å². The van der Waals surface area contributed by atoms with Crippen LogP contribution in [0.25, 0.3) is 0 Å². The molecule has 2 nitrogen and oxygen atoms in total. The number of ketones is 1. The molecule has 2 aromatic carbocycles. The second-order valence-electron chi connectivity index (χ2n) is 4.20. The van der Waals surface area contributed by atoms with Crippen molar-refractivity contribution in [3.8, 4) is 5.75 Å². The number of halogens is 3. The topological polar surface area (TPSA) is 26.3 Å². The first-order chi connectivity index (χ1) is 9.51. The van der Waals surface area contributed by atoms with E-state index in [0.717, 1.165) is 6.07 Å². The predicted octanol–water partition coefficient (Wildman–Crippen LogP) is 4.16. The van der Waals surface area contributed by atoms with Crippen LogP contribution in [0.15, 0.2) is 40.9 Å². The minimum Gasteiger partial charge on any atom is -0.494 e. The molecule has 0 spiro atoms. The molecule has 2 rings (SSSR count). The third-order valence-corrected chi connectivity index (χ3v) is 3.47. The number of Topliss-reactive ketones (excluding diaryl/α,β-unsaturated/α-hetero) is 1. The average Bonchev–Trinajstić information content (AvgIpc) is 2.42. The molecule has 0 heterocycles. The van der Waals surface area contributed by atoms with E-state index in [0.29, 0.717) is 10.0 Å². The highest BCUT2D eigenvalue weighted by molar-refractivity contribution is 9.10. The number of methoxy groups -OCH3 is 1. The average molecular weight is 341 g/mol. The van der Waals surface area contributed by atoms with Crippen molar-refractivity contribution in [1.82, 2.24) is 0 Å². The van der Waals surface area contributed by atoms with E-state index in [1.54, 1.807) is 6.07 Å². The van der Waals surface area contributed by atoms with E-state index in [-0.39, 0.29) is 23.5 Å². The molecule has 0 aliphatic rings. The Morgan fingerprint density at radius 1 is 1.15 bits per heavy atom. The zero-order valence-electron chi connectivity index (χ0n) is 10.6. The van der Waals surface area contributed by atoms with Crippen LogP contribution in [0.3, 0.4) is 0 Å². The number of hydrogen-bond donors (Lipinski definition) is 0. The van der Waals surface area contributed by atoms with Gasteiger partial charge < -0.3 is 4.74 Å². The summed E-state index contributed by atoms with van der Waals surface area (Å²) in [6.45, 7) is 0. The Bertz CT molecular complexity index is 656.